The third-order valence-electron chi connectivity index (χ3n) is 5.38. The van der Waals surface area contributed by atoms with Gasteiger partial charge in [0.05, 0.1) is 18.4 Å². The predicted octanol–water partition coefficient (Wildman–Crippen LogP) is 3.67. The number of benzene rings is 1. The van der Waals surface area contributed by atoms with E-state index in [-0.39, 0.29) is 17.3 Å². The van der Waals surface area contributed by atoms with E-state index in [1.807, 2.05) is 13.8 Å². The molecule has 3 rings (SSSR count). The highest BCUT2D eigenvalue weighted by Crippen LogP contribution is 2.39. The van der Waals surface area contributed by atoms with Crippen LogP contribution < -0.4 is 4.74 Å². The molecule has 1 N–H and O–H groups in total. The Morgan fingerprint density at radius 2 is 1.97 bits per heavy atom. The number of carbonyl (C=O) groups is 2. The van der Waals surface area contributed by atoms with Crippen LogP contribution in [0.15, 0.2) is 48.2 Å². The first-order valence-electron chi connectivity index (χ1n) is 10.3. The number of aliphatic hydroxyl groups excluding tert-OH is 1. The van der Waals surface area contributed by atoms with Crippen molar-refractivity contribution >= 4 is 17.4 Å². The number of ketones is 1. The maximum Gasteiger partial charge on any atom is 0.295 e. The van der Waals surface area contributed by atoms with Crippen molar-refractivity contribution < 1.29 is 24.2 Å². The lowest BCUT2D eigenvalue weighted by Gasteiger charge is -2.24. The molecule has 1 unspecified atom stereocenters. The van der Waals surface area contributed by atoms with E-state index in [0.29, 0.717) is 36.6 Å². The van der Waals surface area contributed by atoms with Crippen LogP contribution in [0.2, 0.25) is 0 Å². The zero-order valence-corrected chi connectivity index (χ0v) is 18.3. The molecular weight excluding hydrogens is 396 g/mol. The number of Topliss-reactive ketones (excluding diaryl/α,β-unsaturated/α-hetero) is 1. The summed E-state index contributed by atoms with van der Waals surface area (Å²) in [7, 11) is 3.17. The molecule has 2 heterocycles. The Kier molecular flexibility index (Phi) is 7.07. The topological polar surface area (TPSA) is 89.0 Å². The number of nitrogens with zero attached hydrogens (tertiary/aromatic N) is 2. The highest BCUT2D eigenvalue weighted by Gasteiger charge is 2.46. The number of ether oxygens (including phenoxy) is 2. The molecule has 1 fully saturated rings. The van der Waals surface area contributed by atoms with E-state index in [1.54, 1.807) is 56.8 Å². The normalized spacial score (nSPS) is 18.1. The standard InChI is InChI=1S/C24H28N2O5/c1-15(2)17-14-16(9-10-19(17)31-4)22(27)20-21(18-8-5-6-11-25-18)26(12-7-13-30-3)24(29)23(20)28/h5-6,8-11,14-15,21,27H,7,12-13H2,1-4H3/b22-20-. The molecule has 1 aliphatic rings. The minimum Gasteiger partial charge on any atom is -0.507 e. The smallest absolute Gasteiger partial charge is 0.295 e. The summed E-state index contributed by atoms with van der Waals surface area (Å²) >= 11 is 0. The Hall–Kier alpha value is -3.19. The molecule has 0 saturated carbocycles. The molecule has 1 aliphatic heterocycles. The van der Waals surface area contributed by atoms with E-state index in [0.717, 1.165) is 5.56 Å². The summed E-state index contributed by atoms with van der Waals surface area (Å²) < 4.78 is 10.5. The Morgan fingerprint density at radius 3 is 2.58 bits per heavy atom. The van der Waals surface area contributed by atoms with Gasteiger partial charge in [-0.15, -0.1) is 0 Å². The molecule has 7 heteroatoms. The molecule has 0 spiro atoms. The fraction of sp³-hybridized carbons (Fsp3) is 0.375. The molecule has 0 bridgehead atoms. The highest BCUT2D eigenvalue weighted by atomic mass is 16.5. The van der Waals surface area contributed by atoms with E-state index < -0.39 is 17.7 Å². The van der Waals surface area contributed by atoms with Crippen molar-refractivity contribution in [3.63, 3.8) is 0 Å². The van der Waals surface area contributed by atoms with Crippen molar-refractivity contribution in [1.29, 1.82) is 0 Å². The Morgan fingerprint density at radius 1 is 1.19 bits per heavy atom. The van der Waals surface area contributed by atoms with Crippen LogP contribution in [0.4, 0.5) is 0 Å². The summed E-state index contributed by atoms with van der Waals surface area (Å²) in [6.07, 6.45) is 2.17. The summed E-state index contributed by atoms with van der Waals surface area (Å²) in [6, 6.07) is 9.79. The molecule has 0 aliphatic carbocycles. The largest absolute Gasteiger partial charge is 0.507 e. The molecule has 1 aromatic heterocycles. The van der Waals surface area contributed by atoms with E-state index in [4.69, 9.17) is 9.47 Å². The number of hydrogen-bond donors (Lipinski definition) is 1. The monoisotopic (exact) mass is 424 g/mol. The second-order valence-corrected chi connectivity index (χ2v) is 7.70. The van der Waals surface area contributed by atoms with Crippen LogP contribution in [-0.4, -0.2) is 54.1 Å². The number of hydrogen-bond acceptors (Lipinski definition) is 6. The van der Waals surface area contributed by atoms with Crippen LogP contribution in [0.3, 0.4) is 0 Å². The number of carbonyl (C=O) groups excluding carboxylic acids is 2. The van der Waals surface area contributed by atoms with Gasteiger partial charge in [-0.2, -0.15) is 0 Å². The van der Waals surface area contributed by atoms with Crippen LogP contribution in [0, 0.1) is 0 Å². The highest BCUT2D eigenvalue weighted by molar-refractivity contribution is 6.46. The second-order valence-electron chi connectivity index (χ2n) is 7.70. The quantitative estimate of drug-likeness (QED) is 0.301. The lowest BCUT2D eigenvalue weighted by molar-refractivity contribution is -0.140. The summed E-state index contributed by atoms with van der Waals surface area (Å²) in [5.74, 6) is -0.732. The third-order valence-corrected chi connectivity index (χ3v) is 5.38. The Balaban J connectivity index is 2.14. The van der Waals surface area contributed by atoms with Gasteiger partial charge in [-0.3, -0.25) is 14.6 Å². The zero-order valence-electron chi connectivity index (χ0n) is 18.3. The maximum absolute atomic E-state index is 13.0. The number of rotatable bonds is 8. The zero-order chi connectivity index (χ0) is 22.5. The molecular formula is C24H28N2O5. The maximum atomic E-state index is 13.0. The Bertz CT molecular complexity index is 985. The van der Waals surface area contributed by atoms with E-state index in [2.05, 4.69) is 4.98 Å². The van der Waals surface area contributed by atoms with E-state index in [9.17, 15) is 14.7 Å². The van der Waals surface area contributed by atoms with E-state index in [1.165, 1.54) is 4.90 Å². The minimum atomic E-state index is -0.761. The van der Waals surface area contributed by atoms with Gasteiger partial charge in [0.25, 0.3) is 11.7 Å². The first-order chi connectivity index (χ1) is 14.9. The molecule has 1 atom stereocenters. The lowest BCUT2D eigenvalue weighted by Crippen LogP contribution is -2.31. The minimum absolute atomic E-state index is 0.0426. The van der Waals surface area contributed by atoms with Crippen molar-refractivity contribution in [2.75, 3.05) is 27.4 Å². The summed E-state index contributed by atoms with van der Waals surface area (Å²) in [4.78, 5) is 31.7. The lowest BCUT2D eigenvalue weighted by atomic mass is 9.94. The fourth-order valence-electron chi connectivity index (χ4n) is 3.82. The molecule has 2 aromatic rings. The first-order valence-corrected chi connectivity index (χ1v) is 10.3. The van der Waals surface area contributed by atoms with Gasteiger partial charge in [-0.1, -0.05) is 19.9 Å². The first kappa shape index (κ1) is 22.5. The van der Waals surface area contributed by atoms with Gasteiger partial charge in [0.15, 0.2) is 0 Å². The van der Waals surface area contributed by atoms with Crippen LogP contribution in [0.1, 0.15) is 49.0 Å². The average molecular weight is 424 g/mol. The molecule has 1 aromatic carbocycles. The molecule has 0 radical (unpaired) electrons. The number of aromatic nitrogens is 1. The van der Waals surface area contributed by atoms with Gasteiger partial charge in [-0.25, -0.2) is 0 Å². The molecule has 31 heavy (non-hydrogen) atoms. The third kappa shape index (κ3) is 4.46. The van der Waals surface area contributed by atoms with Crippen molar-refractivity contribution in [2.45, 2.75) is 32.2 Å². The summed E-state index contributed by atoms with van der Waals surface area (Å²) in [6.45, 7) is 4.80. The van der Waals surface area contributed by atoms with Crippen LogP contribution in [0.25, 0.3) is 5.76 Å². The Labute approximate surface area is 182 Å². The van der Waals surface area contributed by atoms with Crippen LogP contribution >= 0.6 is 0 Å². The van der Waals surface area contributed by atoms with Crippen molar-refractivity contribution in [3.05, 3.63) is 65.0 Å². The van der Waals surface area contributed by atoms with Gasteiger partial charge in [0.1, 0.15) is 17.6 Å². The number of methoxy groups -OCH3 is 2. The van der Waals surface area contributed by atoms with Crippen LogP contribution in [-0.2, 0) is 14.3 Å². The summed E-state index contributed by atoms with van der Waals surface area (Å²) in [5.41, 5.74) is 1.93. The van der Waals surface area contributed by atoms with Gasteiger partial charge < -0.3 is 19.5 Å². The van der Waals surface area contributed by atoms with Gasteiger partial charge in [-0.05, 0) is 48.2 Å². The van der Waals surface area contributed by atoms with Crippen molar-refractivity contribution in [1.82, 2.24) is 9.88 Å². The van der Waals surface area contributed by atoms with E-state index >= 15 is 0 Å². The SMILES string of the molecule is COCCCN1C(=O)C(=O)/C(=C(\O)c2ccc(OC)c(C(C)C)c2)C1c1ccccn1. The van der Waals surface area contributed by atoms with Crippen LogP contribution in [0.5, 0.6) is 5.75 Å². The van der Waals surface area contributed by atoms with Gasteiger partial charge in [0, 0.05) is 32.0 Å². The van der Waals surface area contributed by atoms with Crippen molar-refractivity contribution in [3.8, 4) is 5.75 Å². The average Bonchev–Trinajstić information content (AvgIpc) is 3.03. The fourth-order valence-corrected chi connectivity index (χ4v) is 3.82. The number of likely N-dealkylation sites (tertiary alicyclic amines) is 1. The molecule has 164 valence electrons. The summed E-state index contributed by atoms with van der Waals surface area (Å²) in [5, 5.41) is 11.2. The van der Waals surface area contributed by atoms with Gasteiger partial charge >= 0.3 is 0 Å². The second kappa shape index (κ2) is 9.75. The number of pyridine rings is 1. The molecule has 1 saturated heterocycles. The predicted molar refractivity (Wildman–Crippen MR) is 117 cm³/mol. The number of aliphatic hydroxyl groups is 1. The van der Waals surface area contributed by atoms with Gasteiger partial charge in [0.2, 0.25) is 0 Å². The number of amides is 1. The van der Waals surface area contributed by atoms with Crippen molar-refractivity contribution in [2.24, 2.45) is 0 Å². The molecule has 1 amide bonds. The molecule has 7 nitrogen and oxygen atoms in total.